The van der Waals surface area contributed by atoms with Gasteiger partial charge in [-0.1, -0.05) is 0 Å². The number of nitrogens with two attached hydrogens (primary N) is 1. The molecule has 4 rings (SSSR count). The Morgan fingerprint density at radius 2 is 2.17 bits per heavy atom. The van der Waals surface area contributed by atoms with E-state index in [1.807, 2.05) is 19.1 Å². The molecule has 0 unspecified atom stereocenters. The number of nitriles is 1. The summed E-state index contributed by atoms with van der Waals surface area (Å²) < 4.78 is 17.0. The number of carbonyl (C=O) groups excluding carboxylic acids is 1. The van der Waals surface area contributed by atoms with E-state index < -0.39 is 29.3 Å². The summed E-state index contributed by atoms with van der Waals surface area (Å²) in [6.07, 6.45) is 3.41. The molecule has 4 atom stereocenters. The molecule has 0 radical (unpaired) electrons. The van der Waals surface area contributed by atoms with Crippen LogP contribution in [0, 0.1) is 11.3 Å². The van der Waals surface area contributed by atoms with Crippen LogP contribution in [0.4, 0.5) is 10.1 Å². The third kappa shape index (κ3) is 4.76. The van der Waals surface area contributed by atoms with Gasteiger partial charge in [-0.3, -0.25) is 9.78 Å². The highest BCUT2D eigenvalue weighted by molar-refractivity contribution is 5.98. The number of pyridine rings is 1. The molecule has 0 spiro atoms. The third-order valence-corrected chi connectivity index (χ3v) is 7.26. The number of aliphatic hydroxyl groups is 2. The van der Waals surface area contributed by atoms with Gasteiger partial charge < -0.3 is 20.8 Å². The average molecular weight is 495 g/mol. The molecule has 3 aromatic heterocycles. The van der Waals surface area contributed by atoms with Gasteiger partial charge in [-0.25, -0.2) is 8.91 Å². The summed E-state index contributed by atoms with van der Waals surface area (Å²) >= 11 is 0. The Bertz CT molecular complexity index is 1310. The van der Waals surface area contributed by atoms with Crippen LogP contribution < -0.4 is 10.6 Å². The molecule has 1 amide bonds. The summed E-state index contributed by atoms with van der Waals surface area (Å²) in [6.45, 7) is 4.58. The summed E-state index contributed by atoms with van der Waals surface area (Å²) in [5.41, 5.74) is 5.84. The lowest BCUT2D eigenvalue weighted by atomic mass is 9.72. The van der Waals surface area contributed by atoms with E-state index >= 15 is 4.39 Å². The van der Waals surface area contributed by atoms with Crippen molar-refractivity contribution in [3.63, 3.8) is 0 Å². The summed E-state index contributed by atoms with van der Waals surface area (Å²) in [5.74, 6) is -1.04. The van der Waals surface area contributed by atoms with Gasteiger partial charge in [0.05, 0.1) is 46.8 Å². The molecular weight excluding hydrogens is 463 g/mol. The summed E-state index contributed by atoms with van der Waals surface area (Å²) in [4.78, 5) is 18.0. The zero-order valence-corrected chi connectivity index (χ0v) is 20.6. The van der Waals surface area contributed by atoms with Gasteiger partial charge in [0.1, 0.15) is 12.2 Å². The minimum absolute atomic E-state index is 0.156. The van der Waals surface area contributed by atoms with Gasteiger partial charge in [0, 0.05) is 29.5 Å². The zero-order chi connectivity index (χ0) is 26.3. The minimum atomic E-state index is -1.63. The Morgan fingerprint density at radius 3 is 2.83 bits per heavy atom. The molecule has 0 bridgehead atoms. The fourth-order valence-electron chi connectivity index (χ4n) is 5.09. The van der Waals surface area contributed by atoms with Crippen LogP contribution in [0.25, 0.3) is 5.52 Å². The van der Waals surface area contributed by atoms with E-state index in [0.717, 1.165) is 11.2 Å². The SMILES string of the molecule is CC(C)(O)[C@H](F)CN(c1ccncc1C(N)=O)[C@@]1(C)CC[C@H](O)[C@H](c2ccc3cc(C#N)cnn23)C1. The molecule has 0 saturated heterocycles. The van der Waals surface area contributed by atoms with Crippen molar-refractivity contribution in [3.8, 4) is 6.07 Å². The second-order valence-corrected chi connectivity index (χ2v) is 10.4. The van der Waals surface area contributed by atoms with E-state index in [-0.39, 0.29) is 18.0 Å². The predicted molar refractivity (Wildman–Crippen MR) is 132 cm³/mol. The van der Waals surface area contributed by atoms with Gasteiger partial charge in [0.15, 0.2) is 0 Å². The number of hydrogen-bond acceptors (Lipinski definition) is 7. The van der Waals surface area contributed by atoms with E-state index in [4.69, 9.17) is 5.73 Å². The Labute approximate surface area is 209 Å². The second kappa shape index (κ2) is 9.48. The van der Waals surface area contributed by atoms with Crippen molar-refractivity contribution in [1.29, 1.82) is 5.26 Å². The number of hydrogen-bond donors (Lipinski definition) is 3. The number of anilines is 1. The molecule has 36 heavy (non-hydrogen) atoms. The Hall–Kier alpha value is -3.55. The Morgan fingerprint density at radius 1 is 1.42 bits per heavy atom. The van der Waals surface area contributed by atoms with E-state index in [1.165, 1.54) is 32.4 Å². The molecule has 190 valence electrons. The van der Waals surface area contributed by atoms with Gasteiger partial charge >= 0.3 is 0 Å². The van der Waals surface area contributed by atoms with Gasteiger partial charge in [-0.05, 0) is 64.3 Å². The van der Waals surface area contributed by atoms with Crippen molar-refractivity contribution in [2.45, 2.75) is 69.4 Å². The first-order valence-corrected chi connectivity index (χ1v) is 11.9. The highest BCUT2D eigenvalue weighted by Gasteiger charge is 2.45. The van der Waals surface area contributed by atoms with Crippen LogP contribution in [0.15, 0.2) is 42.9 Å². The topological polar surface area (TPSA) is 141 Å². The fourth-order valence-corrected chi connectivity index (χ4v) is 5.09. The van der Waals surface area contributed by atoms with Gasteiger partial charge in [-0.15, -0.1) is 0 Å². The maximum Gasteiger partial charge on any atom is 0.252 e. The standard InChI is InChI=1S/C26H31FN6O3/c1-25(2,36)23(27)15-32(20-7-9-30-14-19(20)24(29)35)26(3)8-6-22(34)18(11-26)21-5-4-17-10-16(12-28)13-31-33(17)21/h4-5,7,9-10,13-14,18,22-23,34,36H,6,8,11,15H2,1-3H3,(H2,29,35)/t18-,22-,23+,26-/m0/s1. The Balaban J connectivity index is 1.78. The number of primary amides is 1. The number of aliphatic hydroxyl groups excluding tert-OH is 1. The number of carbonyl (C=O) groups is 1. The minimum Gasteiger partial charge on any atom is -0.392 e. The molecule has 1 aliphatic carbocycles. The average Bonchev–Trinajstić information content (AvgIpc) is 3.26. The lowest BCUT2D eigenvalue weighted by molar-refractivity contribution is -0.00361. The number of fused-ring (bicyclic) bond motifs is 1. The molecule has 3 heterocycles. The van der Waals surface area contributed by atoms with Crippen LogP contribution in [0.2, 0.25) is 0 Å². The molecular formula is C26H31FN6O3. The number of alkyl halides is 1. The van der Waals surface area contributed by atoms with Crippen LogP contribution in [0.1, 0.15) is 67.6 Å². The first-order valence-electron chi connectivity index (χ1n) is 11.9. The smallest absolute Gasteiger partial charge is 0.252 e. The molecule has 4 N–H and O–H groups in total. The summed E-state index contributed by atoms with van der Waals surface area (Å²) in [5, 5.41) is 35.0. The van der Waals surface area contributed by atoms with E-state index in [1.54, 1.807) is 21.5 Å². The normalized spacial score (nSPS) is 23.2. The molecule has 9 nitrogen and oxygen atoms in total. The molecule has 1 saturated carbocycles. The van der Waals surface area contributed by atoms with Gasteiger partial charge in [0.25, 0.3) is 5.91 Å². The van der Waals surface area contributed by atoms with Crippen molar-refractivity contribution >= 4 is 17.1 Å². The zero-order valence-electron chi connectivity index (χ0n) is 20.6. The lowest BCUT2D eigenvalue weighted by Gasteiger charge is -2.50. The summed E-state index contributed by atoms with van der Waals surface area (Å²) in [7, 11) is 0. The van der Waals surface area contributed by atoms with Crippen LogP contribution in [-0.4, -0.2) is 60.7 Å². The van der Waals surface area contributed by atoms with Crippen LogP contribution in [0.5, 0.6) is 0 Å². The molecule has 1 fully saturated rings. The summed E-state index contributed by atoms with van der Waals surface area (Å²) in [6, 6.07) is 9.15. The maximum atomic E-state index is 15.3. The second-order valence-electron chi connectivity index (χ2n) is 10.4. The van der Waals surface area contributed by atoms with Crippen molar-refractivity contribution < 1.29 is 19.4 Å². The van der Waals surface area contributed by atoms with Crippen LogP contribution >= 0.6 is 0 Å². The Kier molecular flexibility index (Phi) is 6.73. The molecule has 3 aromatic rings. The van der Waals surface area contributed by atoms with Crippen molar-refractivity contribution in [3.05, 3.63) is 59.7 Å². The monoisotopic (exact) mass is 494 g/mol. The fraction of sp³-hybridized carbons (Fsp3) is 0.462. The molecule has 0 aliphatic heterocycles. The highest BCUT2D eigenvalue weighted by Crippen LogP contribution is 2.44. The number of aromatic nitrogens is 3. The molecule has 1 aliphatic rings. The van der Waals surface area contributed by atoms with Gasteiger partial charge in [0.2, 0.25) is 0 Å². The maximum absolute atomic E-state index is 15.3. The highest BCUT2D eigenvalue weighted by atomic mass is 19.1. The van der Waals surface area contributed by atoms with Crippen molar-refractivity contribution in [1.82, 2.24) is 14.6 Å². The van der Waals surface area contributed by atoms with E-state index in [9.17, 15) is 20.3 Å². The number of rotatable bonds is 7. The first-order chi connectivity index (χ1) is 16.9. The van der Waals surface area contributed by atoms with Crippen molar-refractivity contribution in [2.24, 2.45) is 5.73 Å². The quantitative estimate of drug-likeness (QED) is 0.459. The lowest BCUT2D eigenvalue weighted by Crippen LogP contribution is -2.56. The van der Waals surface area contributed by atoms with Crippen molar-refractivity contribution in [2.75, 3.05) is 11.4 Å². The molecule has 10 heteroatoms. The van der Waals surface area contributed by atoms with Crippen LogP contribution in [-0.2, 0) is 0 Å². The molecule has 0 aromatic carbocycles. The van der Waals surface area contributed by atoms with E-state index in [0.29, 0.717) is 30.5 Å². The predicted octanol–water partition coefficient (Wildman–Crippen LogP) is 2.70. The van der Waals surface area contributed by atoms with Gasteiger partial charge in [-0.2, -0.15) is 10.4 Å². The van der Waals surface area contributed by atoms with Crippen LogP contribution in [0.3, 0.4) is 0 Å². The first kappa shape index (κ1) is 25.5. The number of nitrogens with zero attached hydrogens (tertiary/aromatic N) is 5. The number of amides is 1. The van der Waals surface area contributed by atoms with E-state index in [2.05, 4.69) is 16.2 Å². The number of halogens is 1. The largest absolute Gasteiger partial charge is 0.392 e. The third-order valence-electron chi connectivity index (χ3n) is 7.26.